The molecule has 112 valence electrons. The molecule has 2 aromatic rings. The van der Waals surface area contributed by atoms with E-state index >= 15 is 0 Å². The van der Waals surface area contributed by atoms with Crippen molar-refractivity contribution in [3.05, 3.63) is 34.5 Å². The molecule has 2 aromatic heterocycles. The summed E-state index contributed by atoms with van der Waals surface area (Å²) in [4.78, 5) is 18.2. The molecule has 7 heteroatoms. The first-order valence-corrected chi connectivity index (χ1v) is 8.07. The Hall–Kier alpha value is -1.73. The molecular weight excluding hydrogens is 286 g/mol. The van der Waals surface area contributed by atoms with Crippen LogP contribution < -0.4 is 5.32 Å². The van der Waals surface area contributed by atoms with Crippen molar-refractivity contribution in [1.29, 1.82) is 0 Å². The van der Waals surface area contributed by atoms with Gasteiger partial charge in [-0.1, -0.05) is 0 Å². The van der Waals surface area contributed by atoms with Crippen LogP contribution in [0.1, 0.15) is 35.1 Å². The molecule has 1 N–H and O–H groups in total. The van der Waals surface area contributed by atoms with Gasteiger partial charge >= 0.3 is 0 Å². The van der Waals surface area contributed by atoms with Gasteiger partial charge in [0.05, 0.1) is 6.04 Å². The van der Waals surface area contributed by atoms with E-state index in [2.05, 4.69) is 15.4 Å². The molecule has 3 heterocycles. The second kappa shape index (κ2) is 6.36. The Morgan fingerprint density at radius 3 is 3.24 bits per heavy atom. The van der Waals surface area contributed by atoms with Crippen molar-refractivity contribution in [2.24, 2.45) is 0 Å². The molecular formula is C14H19N5OS. The summed E-state index contributed by atoms with van der Waals surface area (Å²) in [6.07, 6.45) is 3.88. The minimum Gasteiger partial charge on any atom is -0.335 e. The highest BCUT2D eigenvalue weighted by Crippen LogP contribution is 2.15. The fourth-order valence-corrected chi connectivity index (χ4v) is 3.17. The van der Waals surface area contributed by atoms with Gasteiger partial charge in [-0.3, -0.25) is 4.79 Å². The van der Waals surface area contributed by atoms with Crippen LogP contribution in [-0.4, -0.2) is 45.7 Å². The zero-order chi connectivity index (χ0) is 14.7. The standard InChI is InChI=1S/C14H19N5OS/c1-18(8-11-4-6-21-9-11)14(20)13-16-10-19(17-13)12-3-2-5-15-7-12/h4,6,9-10,12,15H,2-3,5,7-8H2,1H3. The van der Waals surface area contributed by atoms with Gasteiger partial charge in [0.15, 0.2) is 0 Å². The summed E-state index contributed by atoms with van der Waals surface area (Å²) in [6.45, 7) is 2.53. The van der Waals surface area contributed by atoms with Gasteiger partial charge in [-0.25, -0.2) is 9.67 Å². The van der Waals surface area contributed by atoms with Crippen LogP contribution >= 0.6 is 11.3 Å². The molecule has 0 aliphatic carbocycles. The summed E-state index contributed by atoms with van der Waals surface area (Å²) >= 11 is 1.63. The average molecular weight is 305 g/mol. The normalized spacial score (nSPS) is 18.6. The fourth-order valence-electron chi connectivity index (χ4n) is 2.51. The van der Waals surface area contributed by atoms with Crippen LogP contribution in [0.25, 0.3) is 0 Å². The molecule has 1 amide bonds. The van der Waals surface area contributed by atoms with E-state index in [1.165, 1.54) is 0 Å². The SMILES string of the molecule is CN(Cc1ccsc1)C(=O)c1ncn(C2CCCNC2)n1. The lowest BCUT2D eigenvalue weighted by Crippen LogP contribution is -2.32. The Bertz CT molecular complexity index is 588. The van der Waals surface area contributed by atoms with E-state index in [0.717, 1.165) is 31.5 Å². The van der Waals surface area contributed by atoms with Gasteiger partial charge in [-0.15, -0.1) is 5.10 Å². The smallest absolute Gasteiger partial charge is 0.293 e. The number of hydrogen-bond acceptors (Lipinski definition) is 5. The van der Waals surface area contributed by atoms with Crippen LogP contribution in [-0.2, 0) is 6.54 Å². The number of carbonyl (C=O) groups excluding carboxylic acids is 1. The van der Waals surface area contributed by atoms with E-state index in [4.69, 9.17) is 0 Å². The van der Waals surface area contributed by atoms with E-state index in [1.54, 1.807) is 29.6 Å². The van der Waals surface area contributed by atoms with E-state index in [0.29, 0.717) is 12.6 Å². The molecule has 3 rings (SSSR count). The highest BCUT2D eigenvalue weighted by Gasteiger charge is 2.20. The van der Waals surface area contributed by atoms with Crippen LogP contribution in [0, 0.1) is 0 Å². The van der Waals surface area contributed by atoms with Crippen molar-refractivity contribution in [3.8, 4) is 0 Å². The maximum absolute atomic E-state index is 12.3. The molecule has 0 radical (unpaired) electrons. The van der Waals surface area contributed by atoms with Crippen LogP contribution in [0.5, 0.6) is 0 Å². The molecule has 1 unspecified atom stereocenters. The predicted octanol–water partition coefficient (Wildman–Crippen LogP) is 1.54. The Morgan fingerprint density at radius 2 is 2.52 bits per heavy atom. The molecule has 1 atom stereocenters. The van der Waals surface area contributed by atoms with E-state index in [1.807, 2.05) is 21.5 Å². The van der Waals surface area contributed by atoms with Crippen molar-refractivity contribution in [2.75, 3.05) is 20.1 Å². The van der Waals surface area contributed by atoms with Gasteiger partial charge in [-0.05, 0) is 41.8 Å². The molecule has 1 aliphatic rings. The number of hydrogen-bond donors (Lipinski definition) is 1. The fraction of sp³-hybridized carbons (Fsp3) is 0.500. The minimum absolute atomic E-state index is 0.135. The maximum atomic E-state index is 12.3. The summed E-state index contributed by atoms with van der Waals surface area (Å²) < 4.78 is 1.82. The summed E-state index contributed by atoms with van der Waals surface area (Å²) in [5.41, 5.74) is 1.13. The zero-order valence-electron chi connectivity index (χ0n) is 12.0. The topological polar surface area (TPSA) is 63.1 Å². The van der Waals surface area contributed by atoms with E-state index < -0.39 is 0 Å². The first-order chi connectivity index (χ1) is 10.2. The minimum atomic E-state index is -0.135. The van der Waals surface area contributed by atoms with Crippen molar-refractivity contribution < 1.29 is 4.79 Å². The number of rotatable bonds is 4. The summed E-state index contributed by atoms with van der Waals surface area (Å²) in [7, 11) is 1.78. The molecule has 0 saturated carbocycles. The third-order valence-electron chi connectivity index (χ3n) is 3.69. The maximum Gasteiger partial charge on any atom is 0.293 e. The lowest BCUT2D eigenvalue weighted by atomic mass is 10.1. The third kappa shape index (κ3) is 3.30. The predicted molar refractivity (Wildman–Crippen MR) is 81.3 cm³/mol. The van der Waals surface area contributed by atoms with E-state index in [9.17, 15) is 4.79 Å². The first kappa shape index (κ1) is 14.2. The Kier molecular flexibility index (Phi) is 4.31. The lowest BCUT2D eigenvalue weighted by Gasteiger charge is -2.22. The summed E-state index contributed by atoms with van der Waals surface area (Å²) in [5.74, 6) is 0.141. The number of nitrogens with one attached hydrogen (secondary N) is 1. The van der Waals surface area contributed by atoms with Gasteiger partial charge in [0.2, 0.25) is 5.82 Å². The molecule has 21 heavy (non-hydrogen) atoms. The highest BCUT2D eigenvalue weighted by molar-refractivity contribution is 7.07. The lowest BCUT2D eigenvalue weighted by molar-refractivity contribution is 0.0772. The highest BCUT2D eigenvalue weighted by atomic mass is 32.1. The van der Waals surface area contributed by atoms with Gasteiger partial charge < -0.3 is 10.2 Å². The summed E-state index contributed by atoms with van der Waals surface area (Å²) in [6, 6.07) is 2.32. The monoisotopic (exact) mass is 305 g/mol. The van der Waals surface area contributed by atoms with Gasteiger partial charge in [0, 0.05) is 20.1 Å². The Labute approximate surface area is 127 Å². The average Bonchev–Trinajstić information content (AvgIpc) is 3.18. The number of carbonyl (C=O) groups is 1. The number of piperidine rings is 1. The molecule has 6 nitrogen and oxygen atoms in total. The van der Waals surface area contributed by atoms with Crippen molar-refractivity contribution in [1.82, 2.24) is 25.0 Å². The molecule has 0 bridgehead atoms. The molecule has 0 spiro atoms. The Balaban J connectivity index is 1.65. The van der Waals surface area contributed by atoms with Crippen LogP contribution in [0.3, 0.4) is 0 Å². The number of amides is 1. The summed E-state index contributed by atoms with van der Waals surface area (Å²) in [5, 5.41) is 11.8. The second-order valence-corrected chi connectivity index (χ2v) is 6.12. The van der Waals surface area contributed by atoms with Gasteiger partial charge in [-0.2, -0.15) is 11.3 Å². The van der Waals surface area contributed by atoms with Gasteiger partial charge in [0.1, 0.15) is 6.33 Å². The molecule has 0 aromatic carbocycles. The quantitative estimate of drug-likeness (QED) is 0.930. The van der Waals surface area contributed by atoms with E-state index in [-0.39, 0.29) is 11.7 Å². The largest absolute Gasteiger partial charge is 0.335 e. The van der Waals surface area contributed by atoms with Crippen molar-refractivity contribution in [2.45, 2.75) is 25.4 Å². The second-order valence-electron chi connectivity index (χ2n) is 5.34. The van der Waals surface area contributed by atoms with Gasteiger partial charge in [0.25, 0.3) is 5.91 Å². The Morgan fingerprint density at radius 1 is 1.62 bits per heavy atom. The molecule has 1 fully saturated rings. The van der Waals surface area contributed by atoms with Crippen LogP contribution in [0.4, 0.5) is 0 Å². The molecule has 1 aliphatic heterocycles. The zero-order valence-corrected chi connectivity index (χ0v) is 12.8. The van der Waals surface area contributed by atoms with Crippen LogP contribution in [0.2, 0.25) is 0 Å². The van der Waals surface area contributed by atoms with Crippen molar-refractivity contribution >= 4 is 17.2 Å². The van der Waals surface area contributed by atoms with Crippen molar-refractivity contribution in [3.63, 3.8) is 0 Å². The molecule has 1 saturated heterocycles. The first-order valence-electron chi connectivity index (χ1n) is 7.12. The third-order valence-corrected chi connectivity index (χ3v) is 4.42. The number of nitrogens with zero attached hydrogens (tertiary/aromatic N) is 4. The van der Waals surface area contributed by atoms with Crippen LogP contribution in [0.15, 0.2) is 23.2 Å². The number of aromatic nitrogens is 3. The number of thiophene rings is 1.